The molecule has 0 bridgehead atoms. The molecule has 0 radical (unpaired) electrons. The Bertz CT molecular complexity index is 590. The van der Waals surface area contributed by atoms with Crippen molar-refractivity contribution in [3.05, 3.63) is 29.6 Å². The minimum Gasteiger partial charge on any atom is -0.496 e. The molecule has 1 aromatic heterocycles. The molecule has 0 saturated carbocycles. The van der Waals surface area contributed by atoms with E-state index in [1.54, 1.807) is 11.8 Å². The molecule has 0 unspecified atom stereocenters. The Kier molecular flexibility index (Phi) is 4.39. The Morgan fingerprint density at radius 1 is 1.35 bits per heavy atom. The number of ether oxygens (including phenoxy) is 1. The molecule has 2 N–H and O–H groups in total. The molecular weight excluding hydrogens is 252 g/mol. The zero-order valence-corrected chi connectivity index (χ0v) is 12.6. The lowest BCUT2D eigenvalue weighted by Gasteiger charge is -2.10. The van der Waals surface area contributed by atoms with E-state index in [9.17, 15) is 0 Å². The van der Waals surface area contributed by atoms with Gasteiger partial charge in [-0.1, -0.05) is 19.9 Å². The number of nitrogens with two attached hydrogens (primary N) is 1. The van der Waals surface area contributed by atoms with Crippen molar-refractivity contribution in [2.45, 2.75) is 26.2 Å². The molecule has 5 heteroatoms. The van der Waals surface area contributed by atoms with Gasteiger partial charge in [0, 0.05) is 13.5 Å². The van der Waals surface area contributed by atoms with Crippen molar-refractivity contribution in [1.29, 1.82) is 0 Å². The standard InChI is InChI=1S/C15H22N4O/c1-10(2)11-5-6-13(20-4)12(9-11)15-17-14(7-8-16)19(3)18-15/h5-6,9-10H,7-8,16H2,1-4H3. The molecular formula is C15H22N4O. The summed E-state index contributed by atoms with van der Waals surface area (Å²) in [5.74, 6) is 2.82. The fraction of sp³-hybridized carbons (Fsp3) is 0.467. The molecule has 0 aliphatic carbocycles. The number of rotatable bonds is 5. The summed E-state index contributed by atoms with van der Waals surface area (Å²) in [6.45, 7) is 4.89. The molecule has 2 aromatic rings. The van der Waals surface area contributed by atoms with Crippen LogP contribution in [0, 0.1) is 0 Å². The molecule has 0 fully saturated rings. The number of hydrogen-bond acceptors (Lipinski definition) is 4. The van der Waals surface area contributed by atoms with Crippen molar-refractivity contribution in [1.82, 2.24) is 14.8 Å². The first-order valence-corrected chi connectivity index (χ1v) is 6.85. The van der Waals surface area contributed by atoms with Gasteiger partial charge in [-0.2, -0.15) is 5.10 Å². The van der Waals surface area contributed by atoms with E-state index < -0.39 is 0 Å². The van der Waals surface area contributed by atoms with Crippen LogP contribution in [0.3, 0.4) is 0 Å². The molecule has 0 aliphatic rings. The highest BCUT2D eigenvalue weighted by Gasteiger charge is 2.15. The predicted molar refractivity (Wildman–Crippen MR) is 79.8 cm³/mol. The van der Waals surface area contributed by atoms with Crippen molar-refractivity contribution in [3.63, 3.8) is 0 Å². The van der Waals surface area contributed by atoms with Crippen molar-refractivity contribution >= 4 is 0 Å². The second kappa shape index (κ2) is 6.05. The minimum atomic E-state index is 0.451. The van der Waals surface area contributed by atoms with E-state index in [-0.39, 0.29) is 0 Å². The molecule has 1 aromatic carbocycles. The molecule has 0 aliphatic heterocycles. The summed E-state index contributed by atoms with van der Waals surface area (Å²) in [7, 11) is 3.55. The molecule has 0 amide bonds. The first-order chi connectivity index (χ1) is 9.56. The number of aryl methyl sites for hydroxylation is 1. The second-order valence-electron chi connectivity index (χ2n) is 5.13. The van der Waals surface area contributed by atoms with Gasteiger partial charge in [-0.25, -0.2) is 4.98 Å². The van der Waals surface area contributed by atoms with Gasteiger partial charge in [0.2, 0.25) is 0 Å². The Morgan fingerprint density at radius 2 is 2.10 bits per heavy atom. The summed E-state index contributed by atoms with van der Waals surface area (Å²) in [4.78, 5) is 4.57. The molecule has 0 saturated heterocycles. The zero-order valence-electron chi connectivity index (χ0n) is 12.6. The van der Waals surface area contributed by atoms with Gasteiger partial charge in [0.15, 0.2) is 5.82 Å². The SMILES string of the molecule is COc1ccc(C(C)C)cc1-c1nc(CCN)n(C)n1. The maximum absolute atomic E-state index is 5.59. The Labute approximate surface area is 119 Å². The smallest absolute Gasteiger partial charge is 0.185 e. The fourth-order valence-corrected chi connectivity index (χ4v) is 2.14. The van der Waals surface area contributed by atoms with Gasteiger partial charge in [-0.15, -0.1) is 0 Å². The number of methoxy groups -OCH3 is 1. The van der Waals surface area contributed by atoms with Gasteiger partial charge in [0.25, 0.3) is 0 Å². The van der Waals surface area contributed by atoms with Crippen molar-refractivity contribution < 1.29 is 4.74 Å². The highest BCUT2D eigenvalue weighted by molar-refractivity contribution is 5.65. The molecule has 0 atom stereocenters. The lowest BCUT2D eigenvalue weighted by Crippen LogP contribution is -2.08. The van der Waals surface area contributed by atoms with E-state index in [4.69, 9.17) is 10.5 Å². The average molecular weight is 274 g/mol. The van der Waals surface area contributed by atoms with Crippen LogP contribution in [0.5, 0.6) is 5.75 Å². The van der Waals surface area contributed by atoms with Gasteiger partial charge in [0.05, 0.1) is 12.7 Å². The van der Waals surface area contributed by atoms with E-state index in [0.717, 1.165) is 23.6 Å². The van der Waals surface area contributed by atoms with Crippen LogP contribution in [-0.2, 0) is 13.5 Å². The largest absolute Gasteiger partial charge is 0.496 e. The summed E-state index contributed by atoms with van der Waals surface area (Å²) in [5, 5.41) is 4.48. The highest BCUT2D eigenvalue weighted by atomic mass is 16.5. The fourth-order valence-electron chi connectivity index (χ4n) is 2.14. The summed E-state index contributed by atoms with van der Waals surface area (Å²) >= 11 is 0. The summed E-state index contributed by atoms with van der Waals surface area (Å²) < 4.78 is 7.21. The topological polar surface area (TPSA) is 66.0 Å². The van der Waals surface area contributed by atoms with Crippen molar-refractivity contribution in [2.75, 3.05) is 13.7 Å². The van der Waals surface area contributed by atoms with Crippen molar-refractivity contribution in [3.8, 4) is 17.1 Å². The highest BCUT2D eigenvalue weighted by Crippen LogP contribution is 2.31. The lowest BCUT2D eigenvalue weighted by atomic mass is 10.00. The van der Waals surface area contributed by atoms with Crippen LogP contribution in [0.25, 0.3) is 11.4 Å². The lowest BCUT2D eigenvalue weighted by molar-refractivity contribution is 0.416. The third-order valence-electron chi connectivity index (χ3n) is 3.35. The summed E-state index contributed by atoms with van der Waals surface area (Å²) in [5.41, 5.74) is 7.76. The molecule has 108 valence electrons. The van der Waals surface area contributed by atoms with Crippen LogP contribution in [0.15, 0.2) is 18.2 Å². The molecule has 5 nitrogen and oxygen atoms in total. The van der Waals surface area contributed by atoms with Crippen LogP contribution in [0.2, 0.25) is 0 Å². The zero-order chi connectivity index (χ0) is 14.7. The average Bonchev–Trinajstić information content (AvgIpc) is 2.80. The van der Waals surface area contributed by atoms with Gasteiger partial charge < -0.3 is 10.5 Å². The number of nitrogens with zero attached hydrogens (tertiary/aromatic N) is 3. The van der Waals surface area contributed by atoms with E-state index in [0.29, 0.717) is 18.3 Å². The third-order valence-corrected chi connectivity index (χ3v) is 3.35. The van der Waals surface area contributed by atoms with Crippen LogP contribution in [-0.4, -0.2) is 28.4 Å². The number of benzene rings is 1. The second-order valence-corrected chi connectivity index (χ2v) is 5.13. The predicted octanol–water partition coefficient (Wildman–Crippen LogP) is 2.12. The normalized spacial score (nSPS) is 11.1. The Morgan fingerprint density at radius 3 is 2.70 bits per heavy atom. The monoisotopic (exact) mass is 274 g/mol. The van der Waals surface area contributed by atoms with E-state index in [1.807, 2.05) is 13.1 Å². The number of hydrogen-bond donors (Lipinski definition) is 1. The molecule has 1 heterocycles. The summed E-state index contributed by atoms with van der Waals surface area (Å²) in [6, 6.07) is 6.16. The van der Waals surface area contributed by atoms with E-state index in [2.05, 4.69) is 36.1 Å². The summed E-state index contributed by atoms with van der Waals surface area (Å²) in [6.07, 6.45) is 0.718. The maximum Gasteiger partial charge on any atom is 0.185 e. The first kappa shape index (κ1) is 14.5. The molecule has 20 heavy (non-hydrogen) atoms. The molecule has 0 spiro atoms. The molecule has 2 rings (SSSR count). The van der Waals surface area contributed by atoms with E-state index >= 15 is 0 Å². The van der Waals surface area contributed by atoms with Crippen LogP contribution >= 0.6 is 0 Å². The minimum absolute atomic E-state index is 0.451. The Balaban J connectivity index is 2.49. The van der Waals surface area contributed by atoms with Gasteiger partial charge in [-0.05, 0) is 30.2 Å². The quantitative estimate of drug-likeness (QED) is 0.907. The Hall–Kier alpha value is -1.88. The van der Waals surface area contributed by atoms with Crippen LogP contribution in [0.4, 0.5) is 0 Å². The van der Waals surface area contributed by atoms with Crippen molar-refractivity contribution in [2.24, 2.45) is 12.8 Å². The van der Waals surface area contributed by atoms with Gasteiger partial charge >= 0.3 is 0 Å². The first-order valence-electron chi connectivity index (χ1n) is 6.85. The van der Waals surface area contributed by atoms with E-state index in [1.165, 1.54) is 5.56 Å². The maximum atomic E-state index is 5.59. The van der Waals surface area contributed by atoms with Crippen LogP contribution < -0.4 is 10.5 Å². The van der Waals surface area contributed by atoms with Crippen LogP contribution in [0.1, 0.15) is 31.2 Å². The van der Waals surface area contributed by atoms with Gasteiger partial charge in [0.1, 0.15) is 11.6 Å². The van der Waals surface area contributed by atoms with Gasteiger partial charge in [-0.3, -0.25) is 4.68 Å². The third kappa shape index (κ3) is 2.82. The number of aromatic nitrogens is 3.